The minimum atomic E-state index is -0.494. The lowest BCUT2D eigenvalue weighted by Crippen LogP contribution is -2.30. The predicted octanol–water partition coefficient (Wildman–Crippen LogP) is 9.00. The summed E-state index contributed by atoms with van der Waals surface area (Å²) in [5.74, 6) is -1.02. The first-order chi connectivity index (χ1) is 23.3. The van der Waals surface area contributed by atoms with Gasteiger partial charge in [0, 0.05) is 55.2 Å². The number of hydrogen-bond acceptors (Lipinski definition) is 4. The Labute approximate surface area is 288 Å². The fourth-order valence-corrected chi connectivity index (χ4v) is 6.56. The fraction of sp³-hybridized carbons (Fsp3) is 0.103. The lowest BCUT2D eigenvalue weighted by molar-refractivity contribution is -0.115. The highest BCUT2D eigenvalue weighted by Gasteiger charge is 2.18. The number of para-hydroxylation sites is 1. The van der Waals surface area contributed by atoms with Crippen LogP contribution in [0.25, 0.3) is 27.9 Å². The molecule has 1 atom stereocenters. The molecule has 9 heteroatoms. The van der Waals surface area contributed by atoms with Gasteiger partial charge >= 0.3 is 0 Å². The van der Waals surface area contributed by atoms with Crippen LogP contribution in [0.3, 0.4) is 0 Å². The molecule has 0 spiro atoms. The molecule has 3 N–H and O–H groups in total. The molecule has 6 aromatic rings. The first-order valence-corrected chi connectivity index (χ1v) is 16.8. The van der Waals surface area contributed by atoms with Gasteiger partial charge < -0.3 is 20.5 Å². The molecule has 1 aromatic heterocycles. The standard InChI is InChI=1S/C39H33ClN4O3S/c1-3-44-35-15-8-7-14-32(35)33-24-30(18-21-36(33)44)42-37(45)25(2)48-31-19-16-29(17-20-31)41-39(47)34(23-26-10-9-13-28(40)22-26)43-38(46)27-11-5-4-6-12-27/h4-25H,3H2,1-2H3,(H,41,47)(H,42,45)(H,43,46)/b34-23-. The minimum absolute atomic E-state index is 0.0623. The number of carbonyl (C=O) groups is 3. The van der Waals surface area contributed by atoms with Crippen LogP contribution in [0.15, 0.2) is 132 Å². The average Bonchev–Trinajstić information content (AvgIpc) is 3.42. The molecule has 5 aromatic carbocycles. The number of benzene rings is 5. The van der Waals surface area contributed by atoms with E-state index in [1.807, 2.05) is 49.4 Å². The molecule has 1 unspecified atom stereocenters. The first-order valence-electron chi connectivity index (χ1n) is 15.5. The summed E-state index contributed by atoms with van der Waals surface area (Å²) in [5, 5.41) is 11.1. The maximum absolute atomic E-state index is 13.4. The summed E-state index contributed by atoms with van der Waals surface area (Å²) in [7, 11) is 0. The van der Waals surface area contributed by atoms with E-state index >= 15 is 0 Å². The molecule has 6 rings (SSSR count). The molecular weight excluding hydrogens is 640 g/mol. The van der Waals surface area contributed by atoms with Gasteiger partial charge in [0.15, 0.2) is 0 Å². The van der Waals surface area contributed by atoms with E-state index in [2.05, 4.69) is 45.6 Å². The highest BCUT2D eigenvalue weighted by molar-refractivity contribution is 8.00. The van der Waals surface area contributed by atoms with E-state index in [0.29, 0.717) is 21.8 Å². The summed E-state index contributed by atoms with van der Waals surface area (Å²) >= 11 is 7.57. The van der Waals surface area contributed by atoms with E-state index in [-0.39, 0.29) is 16.9 Å². The van der Waals surface area contributed by atoms with Crippen molar-refractivity contribution in [3.63, 3.8) is 0 Å². The Balaban J connectivity index is 1.11. The van der Waals surface area contributed by atoms with Gasteiger partial charge in [-0.1, -0.05) is 60.1 Å². The smallest absolute Gasteiger partial charge is 0.272 e. The number of nitrogens with one attached hydrogen (secondary N) is 3. The fourth-order valence-electron chi connectivity index (χ4n) is 5.49. The van der Waals surface area contributed by atoms with Crippen molar-refractivity contribution in [3.05, 3.63) is 143 Å². The molecule has 0 saturated carbocycles. The van der Waals surface area contributed by atoms with E-state index in [0.717, 1.165) is 33.4 Å². The Morgan fingerprint density at radius 1 is 0.771 bits per heavy atom. The first kappa shape index (κ1) is 32.6. The van der Waals surface area contributed by atoms with Crippen LogP contribution in [-0.2, 0) is 16.1 Å². The van der Waals surface area contributed by atoms with Gasteiger partial charge in [-0.25, -0.2) is 0 Å². The number of halogens is 1. The van der Waals surface area contributed by atoms with Crippen molar-refractivity contribution in [1.82, 2.24) is 9.88 Å². The topological polar surface area (TPSA) is 92.2 Å². The van der Waals surface area contributed by atoms with Gasteiger partial charge in [0.2, 0.25) is 5.91 Å². The second-order valence-electron chi connectivity index (χ2n) is 11.2. The van der Waals surface area contributed by atoms with Crippen molar-refractivity contribution < 1.29 is 14.4 Å². The molecule has 0 aliphatic rings. The molecule has 240 valence electrons. The van der Waals surface area contributed by atoms with Crippen LogP contribution in [0.1, 0.15) is 29.8 Å². The zero-order valence-corrected chi connectivity index (χ0v) is 27.9. The van der Waals surface area contributed by atoms with Crippen LogP contribution >= 0.6 is 23.4 Å². The van der Waals surface area contributed by atoms with Crippen LogP contribution in [0.5, 0.6) is 0 Å². The molecule has 0 radical (unpaired) electrons. The summed E-state index contributed by atoms with van der Waals surface area (Å²) in [6.07, 6.45) is 1.58. The number of amides is 3. The van der Waals surface area contributed by atoms with E-state index < -0.39 is 11.8 Å². The summed E-state index contributed by atoms with van der Waals surface area (Å²) in [4.78, 5) is 40.3. The van der Waals surface area contributed by atoms with Gasteiger partial charge in [0.1, 0.15) is 5.70 Å². The largest absolute Gasteiger partial charge is 0.341 e. The number of aryl methyl sites for hydroxylation is 1. The van der Waals surface area contributed by atoms with Gasteiger partial charge in [-0.05, 0) is 98.3 Å². The van der Waals surface area contributed by atoms with Crippen LogP contribution in [0.2, 0.25) is 5.02 Å². The van der Waals surface area contributed by atoms with Crippen LogP contribution in [0, 0.1) is 0 Å². The average molecular weight is 673 g/mol. The molecular formula is C39H33ClN4O3S. The second-order valence-corrected chi connectivity index (χ2v) is 13.0. The number of thioether (sulfide) groups is 1. The number of aromatic nitrogens is 1. The Morgan fingerprint density at radius 2 is 1.48 bits per heavy atom. The van der Waals surface area contributed by atoms with Crippen molar-refractivity contribution in [2.45, 2.75) is 30.5 Å². The number of hydrogen-bond donors (Lipinski definition) is 3. The molecule has 1 heterocycles. The van der Waals surface area contributed by atoms with Gasteiger partial charge in [0.05, 0.1) is 5.25 Å². The summed E-state index contributed by atoms with van der Waals surface area (Å²) < 4.78 is 2.28. The van der Waals surface area contributed by atoms with Crippen molar-refractivity contribution >= 4 is 80.3 Å². The normalized spacial score (nSPS) is 12.1. The SMILES string of the molecule is CCn1c2ccccc2c2cc(NC(=O)C(C)Sc3ccc(NC(=O)/C(=C/c4cccc(Cl)c4)NC(=O)c4ccccc4)cc3)ccc21. The number of carbonyl (C=O) groups excluding carboxylic acids is 3. The van der Waals surface area contributed by atoms with Crippen LogP contribution < -0.4 is 16.0 Å². The van der Waals surface area contributed by atoms with E-state index in [9.17, 15) is 14.4 Å². The summed E-state index contributed by atoms with van der Waals surface area (Å²) in [6.45, 7) is 4.85. The molecule has 0 fully saturated rings. The third-order valence-corrected chi connectivity index (χ3v) is 9.19. The Kier molecular flexibility index (Phi) is 9.94. The van der Waals surface area contributed by atoms with Gasteiger partial charge in [-0.2, -0.15) is 0 Å². The van der Waals surface area contributed by atoms with E-state index in [1.165, 1.54) is 17.3 Å². The molecule has 7 nitrogen and oxygen atoms in total. The van der Waals surface area contributed by atoms with Crippen LogP contribution in [0.4, 0.5) is 11.4 Å². The van der Waals surface area contributed by atoms with Gasteiger partial charge in [-0.3, -0.25) is 14.4 Å². The number of nitrogens with zero attached hydrogens (tertiary/aromatic N) is 1. The Bertz CT molecular complexity index is 2160. The third-order valence-electron chi connectivity index (χ3n) is 7.84. The van der Waals surface area contributed by atoms with E-state index in [1.54, 1.807) is 66.7 Å². The van der Waals surface area contributed by atoms with E-state index in [4.69, 9.17) is 11.6 Å². The van der Waals surface area contributed by atoms with Gasteiger partial charge in [0.25, 0.3) is 11.8 Å². The molecule has 0 aliphatic heterocycles. The number of anilines is 2. The van der Waals surface area contributed by atoms with Crippen molar-refractivity contribution in [3.8, 4) is 0 Å². The number of fused-ring (bicyclic) bond motifs is 3. The molecule has 3 amide bonds. The monoisotopic (exact) mass is 672 g/mol. The minimum Gasteiger partial charge on any atom is -0.341 e. The maximum Gasteiger partial charge on any atom is 0.272 e. The van der Waals surface area contributed by atoms with Gasteiger partial charge in [-0.15, -0.1) is 11.8 Å². The zero-order chi connectivity index (χ0) is 33.6. The maximum atomic E-state index is 13.4. The molecule has 48 heavy (non-hydrogen) atoms. The summed E-state index contributed by atoms with van der Waals surface area (Å²) in [6, 6.07) is 37.2. The highest BCUT2D eigenvalue weighted by Crippen LogP contribution is 2.32. The van der Waals surface area contributed by atoms with Crippen molar-refractivity contribution in [2.24, 2.45) is 0 Å². The lowest BCUT2D eigenvalue weighted by atomic mass is 10.1. The third kappa shape index (κ3) is 7.46. The van der Waals surface area contributed by atoms with Crippen molar-refractivity contribution in [2.75, 3.05) is 10.6 Å². The second kappa shape index (κ2) is 14.6. The van der Waals surface area contributed by atoms with Crippen LogP contribution in [-0.4, -0.2) is 27.5 Å². The highest BCUT2D eigenvalue weighted by atomic mass is 35.5. The molecule has 0 bridgehead atoms. The lowest BCUT2D eigenvalue weighted by Gasteiger charge is -2.14. The Hall–Kier alpha value is -5.31. The summed E-state index contributed by atoms with van der Waals surface area (Å²) in [5.41, 5.74) is 4.74. The zero-order valence-electron chi connectivity index (χ0n) is 26.4. The molecule has 0 aliphatic carbocycles. The Morgan fingerprint density at radius 3 is 2.23 bits per heavy atom. The number of rotatable bonds is 10. The molecule has 0 saturated heterocycles. The van der Waals surface area contributed by atoms with Crippen molar-refractivity contribution in [1.29, 1.82) is 0 Å². The quantitative estimate of drug-likeness (QED) is 0.100. The predicted molar refractivity (Wildman–Crippen MR) is 197 cm³/mol.